The maximum atomic E-state index is 10.2. The van der Waals surface area contributed by atoms with Gasteiger partial charge in [0, 0.05) is 6.54 Å². The van der Waals surface area contributed by atoms with Crippen LogP contribution in [0.1, 0.15) is 51.3 Å². The number of likely N-dealkylation sites (tertiary alicyclic amines) is 1. The van der Waals surface area contributed by atoms with E-state index in [1.165, 1.54) is 19.3 Å². The Balaban J connectivity index is 1.94. The molecule has 0 aliphatic carbocycles. The smallest absolute Gasteiger partial charge is 0.120 e. The lowest BCUT2D eigenvalue weighted by atomic mass is 10.1. The Morgan fingerprint density at radius 1 is 1.40 bits per heavy atom. The summed E-state index contributed by atoms with van der Waals surface area (Å²) in [4.78, 5) is 2.35. The molecule has 0 spiro atoms. The molecule has 0 bridgehead atoms. The quantitative estimate of drug-likeness (QED) is 0.870. The summed E-state index contributed by atoms with van der Waals surface area (Å²) in [6.07, 6.45) is 6.23. The van der Waals surface area contributed by atoms with Gasteiger partial charge in [0.25, 0.3) is 0 Å². The van der Waals surface area contributed by atoms with Crippen molar-refractivity contribution >= 4 is 0 Å². The molecule has 4 nitrogen and oxygen atoms in total. The average molecular weight is 281 g/mol. The van der Waals surface area contributed by atoms with E-state index in [2.05, 4.69) is 4.90 Å². The molecule has 2 atom stereocenters. The Bertz CT molecular complexity index is 364. The van der Waals surface area contributed by atoms with Crippen LogP contribution in [0.15, 0.2) is 22.8 Å². The first-order valence-corrected chi connectivity index (χ1v) is 7.74. The molecule has 1 aromatic rings. The Morgan fingerprint density at radius 3 is 2.95 bits per heavy atom. The molecule has 1 aromatic heterocycles. The molecule has 1 aliphatic heterocycles. The lowest BCUT2D eigenvalue weighted by Gasteiger charge is -2.30. The minimum absolute atomic E-state index is 0.162. The van der Waals surface area contributed by atoms with Crippen molar-refractivity contribution in [3.8, 4) is 0 Å². The fourth-order valence-electron chi connectivity index (χ4n) is 2.82. The van der Waals surface area contributed by atoms with E-state index >= 15 is 0 Å². The first-order valence-electron chi connectivity index (χ1n) is 7.74. The van der Waals surface area contributed by atoms with Crippen molar-refractivity contribution in [2.45, 2.75) is 57.8 Å². The summed E-state index contributed by atoms with van der Waals surface area (Å²) >= 11 is 0. The van der Waals surface area contributed by atoms with Gasteiger partial charge in [-0.25, -0.2) is 0 Å². The van der Waals surface area contributed by atoms with Gasteiger partial charge in [-0.3, -0.25) is 4.90 Å². The largest absolute Gasteiger partial charge is 0.468 e. The van der Waals surface area contributed by atoms with E-state index in [1.54, 1.807) is 6.26 Å². The number of β-amino-alcohol motifs (C(OH)–C–C–N with tert-alkyl or cyclic N) is 1. The van der Waals surface area contributed by atoms with Gasteiger partial charge < -0.3 is 14.3 Å². The van der Waals surface area contributed by atoms with Gasteiger partial charge in [-0.15, -0.1) is 0 Å². The van der Waals surface area contributed by atoms with Gasteiger partial charge in [-0.1, -0.05) is 12.8 Å². The Morgan fingerprint density at radius 2 is 2.25 bits per heavy atom. The van der Waals surface area contributed by atoms with E-state index in [1.807, 2.05) is 26.0 Å². The third-order valence-corrected chi connectivity index (χ3v) is 3.80. The monoisotopic (exact) mass is 281 g/mol. The Hall–Kier alpha value is -0.840. The fraction of sp³-hybridized carbons (Fsp3) is 0.750. The maximum Gasteiger partial charge on any atom is 0.120 e. The van der Waals surface area contributed by atoms with Crippen LogP contribution in [0.25, 0.3) is 0 Å². The van der Waals surface area contributed by atoms with E-state index in [0.717, 1.165) is 18.7 Å². The van der Waals surface area contributed by atoms with E-state index in [9.17, 15) is 5.11 Å². The van der Waals surface area contributed by atoms with E-state index in [-0.39, 0.29) is 6.10 Å². The first kappa shape index (κ1) is 15.5. The van der Waals surface area contributed by atoms with Crippen LogP contribution >= 0.6 is 0 Å². The summed E-state index contributed by atoms with van der Waals surface area (Å²) in [7, 11) is 0. The molecular weight excluding hydrogens is 254 g/mol. The number of aliphatic hydroxyl groups excluding tert-OH is 1. The summed E-state index contributed by atoms with van der Waals surface area (Å²) in [6.45, 7) is 6.05. The summed E-state index contributed by atoms with van der Waals surface area (Å²) < 4.78 is 11.1. The molecule has 1 saturated heterocycles. The molecule has 0 aromatic carbocycles. The van der Waals surface area contributed by atoms with Crippen molar-refractivity contribution in [2.75, 3.05) is 19.7 Å². The SMILES string of the molecule is CC(C)OCC(O)CN1CCCCCC1c1ccco1. The van der Waals surface area contributed by atoms with Crippen LogP contribution in [0.3, 0.4) is 0 Å². The van der Waals surface area contributed by atoms with Gasteiger partial charge in [0.05, 0.1) is 31.1 Å². The number of ether oxygens (including phenoxy) is 1. The zero-order chi connectivity index (χ0) is 14.4. The van der Waals surface area contributed by atoms with Crippen LogP contribution in [0.2, 0.25) is 0 Å². The molecule has 2 unspecified atom stereocenters. The molecule has 0 radical (unpaired) electrons. The predicted octanol–water partition coefficient (Wildman–Crippen LogP) is 2.98. The van der Waals surface area contributed by atoms with Crippen LogP contribution in [-0.4, -0.2) is 41.9 Å². The highest BCUT2D eigenvalue weighted by Gasteiger charge is 2.26. The van der Waals surface area contributed by atoms with Gasteiger partial charge >= 0.3 is 0 Å². The molecule has 1 N–H and O–H groups in total. The van der Waals surface area contributed by atoms with Gasteiger partial charge in [0.15, 0.2) is 0 Å². The summed E-state index contributed by atoms with van der Waals surface area (Å²) in [5, 5.41) is 10.2. The zero-order valence-corrected chi connectivity index (χ0v) is 12.6. The Kier molecular flexibility index (Phi) is 6.07. The van der Waals surface area contributed by atoms with Crippen LogP contribution in [-0.2, 0) is 4.74 Å². The molecule has 1 aliphatic rings. The second-order valence-electron chi connectivity index (χ2n) is 5.91. The van der Waals surface area contributed by atoms with Crippen molar-refractivity contribution in [2.24, 2.45) is 0 Å². The molecule has 4 heteroatoms. The first-order chi connectivity index (χ1) is 9.66. The lowest BCUT2D eigenvalue weighted by molar-refractivity contribution is -0.0154. The van der Waals surface area contributed by atoms with Gasteiger partial charge in [-0.05, 0) is 45.4 Å². The van der Waals surface area contributed by atoms with E-state index < -0.39 is 6.10 Å². The van der Waals surface area contributed by atoms with Crippen molar-refractivity contribution in [1.82, 2.24) is 4.90 Å². The number of hydrogen-bond acceptors (Lipinski definition) is 4. The highest BCUT2D eigenvalue weighted by atomic mass is 16.5. The van der Waals surface area contributed by atoms with Crippen LogP contribution in [0, 0.1) is 0 Å². The predicted molar refractivity (Wildman–Crippen MR) is 78.6 cm³/mol. The van der Waals surface area contributed by atoms with Crippen LogP contribution in [0.5, 0.6) is 0 Å². The molecular formula is C16H27NO3. The van der Waals surface area contributed by atoms with Crippen LogP contribution < -0.4 is 0 Å². The zero-order valence-electron chi connectivity index (χ0n) is 12.6. The molecule has 114 valence electrons. The molecule has 20 heavy (non-hydrogen) atoms. The minimum Gasteiger partial charge on any atom is -0.468 e. The number of hydrogen-bond donors (Lipinski definition) is 1. The van der Waals surface area contributed by atoms with Crippen molar-refractivity contribution in [1.29, 1.82) is 0 Å². The summed E-state index contributed by atoms with van der Waals surface area (Å²) in [6, 6.07) is 4.28. The van der Waals surface area contributed by atoms with E-state index in [0.29, 0.717) is 19.2 Å². The van der Waals surface area contributed by atoms with Crippen molar-refractivity contribution in [3.05, 3.63) is 24.2 Å². The topological polar surface area (TPSA) is 45.8 Å². The summed E-state index contributed by atoms with van der Waals surface area (Å²) in [5.41, 5.74) is 0. The molecule has 0 amide bonds. The highest BCUT2D eigenvalue weighted by Crippen LogP contribution is 2.30. The normalized spacial score (nSPS) is 22.9. The molecule has 2 heterocycles. The van der Waals surface area contributed by atoms with Crippen molar-refractivity contribution < 1.29 is 14.3 Å². The van der Waals surface area contributed by atoms with Crippen molar-refractivity contribution in [3.63, 3.8) is 0 Å². The number of aliphatic hydroxyl groups is 1. The van der Waals surface area contributed by atoms with Gasteiger partial charge in [-0.2, -0.15) is 0 Å². The molecule has 0 saturated carbocycles. The number of furan rings is 1. The second kappa shape index (κ2) is 7.81. The molecule has 1 fully saturated rings. The third kappa shape index (κ3) is 4.62. The lowest BCUT2D eigenvalue weighted by Crippen LogP contribution is -2.37. The Labute approximate surface area is 121 Å². The third-order valence-electron chi connectivity index (χ3n) is 3.80. The fourth-order valence-corrected chi connectivity index (χ4v) is 2.82. The maximum absolute atomic E-state index is 10.2. The number of nitrogens with zero attached hydrogens (tertiary/aromatic N) is 1. The second-order valence-corrected chi connectivity index (χ2v) is 5.91. The van der Waals surface area contributed by atoms with Crippen LogP contribution in [0.4, 0.5) is 0 Å². The van der Waals surface area contributed by atoms with Gasteiger partial charge in [0.2, 0.25) is 0 Å². The average Bonchev–Trinajstić information content (AvgIpc) is 2.84. The highest BCUT2D eigenvalue weighted by molar-refractivity contribution is 5.05. The van der Waals surface area contributed by atoms with E-state index in [4.69, 9.17) is 9.15 Å². The number of rotatable bonds is 6. The standard InChI is InChI=1S/C16H27NO3/c1-13(2)20-12-14(18)11-17-9-5-3-4-7-15(17)16-8-6-10-19-16/h6,8,10,13-15,18H,3-5,7,9,11-12H2,1-2H3. The van der Waals surface area contributed by atoms with Gasteiger partial charge in [0.1, 0.15) is 5.76 Å². The summed E-state index contributed by atoms with van der Waals surface area (Å²) in [5.74, 6) is 1.02. The molecule has 2 rings (SSSR count). The minimum atomic E-state index is -0.437.